The van der Waals surface area contributed by atoms with Crippen LogP contribution >= 0.6 is 0 Å². The summed E-state index contributed by atoms with van der Waals surface area (Å²) in [6, 6.07) is 3.53. The summed E-state index contributed by atoms with van der Waals surface area (Å²) >= 11 is 0. The molecule has 1 aliphatic rings. The van der Waals surface area contributed by atoms with Crippen molar-refractivity contribution in [1.82, 2.24) is 20.1 Å². The monoisotopic (exact) mass is 321 g/mol. The highest BCUT2D eigenvalue weighted by Gasteiger charge is 2.11. The molecule has 1 amide bonds. The number of aromatic nitrogens is 1. The van der Waals surface area contributed by atoms with Crippen molar-refractivity contribution in [1.29, 1.82) is 0 Å². The minimum absolute atomic E-state index is 0.0590. The molecule has 0 aliphatic carbocycles. The Hall–Kier alpha value is -1.70. The Morgan fingerprint density at radius 2 is 2.13 bits per heavy atom. The highest BCUT2D eigenvalue weighted by molar-refractivity contribution is 5.94. The molecule has 1 aromatic rings. The number of amides is 1. The molecule has 0 spiro atoms. The molecule has 23 heavy (non-hydrogen) atoms. The molecule has 1 saturated heterocycles. The lowest BCUT2D eigenvalue weighted by Crippen LogP contribution is -2.41. The average Bonchev–Trinajstić information content (AvgIpc) is 2.56. The molecule has 2 heterocycles. The Balaban J connectivity index is 1.74. The van der Waals surface area contributed by atoms with Gasteiger partial charge in [0, 0.05) is 51.0 Å². The first-order valence-corrected chi connectivity index (χ1v) is 8.08. The summed E-state index contributed by atoms with van der Waals surface area (Å²) in [5.41, 5.74) is 0.634. The van der Waals surface area contributed by atoms with Crippen LogP contribution in [0.4, 0.5) is 5.82 Å². The standard InChI is InChI=1S/C16H27N5O2/c1-20(2)7-5-18-15-13-14(3-4-17-15)16(22)19-6-8-21-9-11-23-12-10-21/h3-4,13H,5-12H2,1-2H3,(H,17,18)(H,19,22). The van der Waals surface area contributed by atoms with E-state index < -0.39 is 0 Å². The number of pyridine rings is 1. The number of nitrogens with zero attached hydrogens (tertiary/aromatic N) is 3. The maximum atomic E-state index is 12.2. The van der Waals surface area contributed by atoms with Gasteiger partial charge >= 0.3 is 0 Å². The van der Waals surface area contributed by atoms with Crippen LogP contribution < -0.4 is 10.6 Å². The van der Waals surface area contributed by atoms with Gasteiger partial charge in [-0.2, -0.15) is 0 Å². The van der Waals surface area contributed by atoms with E-state index in [1.54, 1.807) is 18.3 Å². The third-order valence-corrected chi connectivity index (χ3v) is 3.70. The molecule has 0 aromatic carbocycles. The second-order valence-electron chi connectivity index (χ2n) is 5.87. The largest absolute Gasteiger partial charge is 0.379 e. The SMILES string of the molecule is CN(C)CCNc1cc(C(=O)NCCN2CCOCC2)ccn1. The van der Waals surface area contributed by atoms with Crippen molar-refractivity contribution in [3.8, 4) is 0 Å². The number of carbonyl (C=O) groups excluding carboxylic acids is 1. The Morgan fingerprint density at radius 3 is 2.87 bits per heavy atom. The van der Waals surface area contributed by atoms with Crippen LogP contribution in [0.5, 0.6) is 0 Å². The third kappa shape index (κ3) is 6.52. The van der Waals surface area contributed by atoms with E-state index in [9.17, 15) is 4.79 Å². The van der Waals surface area contributed by atoms with Crippen molar-refractivity contribution in [2.24, 2.45) is 0 Å². The molecule has 0 unspecified atom stereocenters. The zero-order chi connectivity index (χ0) is 16.5. The quantitative estimate of drug-likeness (QED) is 0.709. The highest BCUT2D eigenvalue weighted by Crippen LogP contribution is 2.06. The number of nitrogens with one attached hydrogen (secondary N) is 2. The van der Waals surface area contributed by atoms with E-state index in [2.05, 4.69) is 25.4 Å². The Morgan fingerprint density at radius 1 is 1.35 bits per heavy atom. The van der Waals surface area contributed by atoms with Crippen molar-refractivity contribution < 1.29 is 9.53 Å². The van der Waals surface area contributed by atoms with Crippen LogP contribution in [-0.2, 0) is 4.74 Å². The summed E-state index contributed by atoms with van der Waals surface area (Å²) in [6.45, 7) is 6.63. The molecule has 7 heteroatoms. The normalized spacial score (nSPS) is 15.6. The Labute approximate surface area is 138 Å². The molecule has 0 bridgehead atoms. The molecule has 1 aromatic heterocycles. The first-order valence-electron chi connectivity index (χ1n) is 8.08. The van der Waals surface area contributed by atoms with Crippen molar-refractivity contribution in [2.75, 3.05) is 71.9 Å². The average molecular weight is 321 g/mol. The van der Waals surface area contributed by atoms with Gasteiger partial charge in [0.25, 0.3) is 5.91 Å². The van der Waals surface area contributed by atoms with E-state index in [-0.39, 0.29) is 5.91 Å². The minimum atomic E-state index is -0.0590. The summed E-state index contributed by atoms with van der Waals surface area (Å²) in [4.78, 5) is 20.8. The number of morpholine rings is 1. The van der Waals surface area contributed by atoms with Gasteiger partial charge in [-0.15, -0.1) is 0 Å². The molecule has 2 rings (SSSR count). The van der Waals surface area contributed by atoms with Crippen LogP contribution in [0.2, 0.25) is 0 Å². The van der Waals surface area contributed by atoms with Crippen LogP contribution in [-0.4, -0.2) is 87.3 Å². The fourth-order valence-corrected chi connectivity index (χ4v) is 2.33. The fraction of sp³-hybridized carbons (Fsp3) is 0.625. The number of hydrogen-bond acceptors (Lipinski definition) is 6. The van der Waals surface area contributed by atoms with E-state index in [0.717, 1.165) is 51.8 Å². The smallest absolute Gasteiger partial charge is 0.251 e. The van der Waals surface area contributed by atoms with Gasteiger partial charge in [-0.05, 0) is 26.2 Å². The highest BCUT2D eigenvalue weighted by atomic mass is 16.5. The van der Waals surface area contributed by atoms with Gasteiger partial charge in [0.2, 0.25) is 0 Å². The van der Waals surface area contributed by atoms with Crippen molar-refractivity contribution >= 4 is 11.7 Å². The maximum absolute atomic E-state index is 12.2. The first-order chi connectivity index (χ1) is 11.1. The Kier molecular flexibility index (Phi) is 7.25. The Bertz CT molecular complexity index is 489. The van der Waals surface area contributed by atoms with Gasteiger partial charge in [0.15, 0.2) is 0 Å². The van der Waals surface area contributed by atoms with E-state index in [1.165, 1.54) is 0 Å². The molecule has 7 nitrogen and oxygen atoms in total. The van der Waals surface area contributed by atoms with Gasteiger partial charge in [0.1, 0.15) is 5.82 Å². The zero-order valence-electron chi connectivity index (χ0n) is 14.0. The molecular formula is C16H27N5O2. The third-order valence-electron chi connectivity index (χ3n) is 3.70. The van der Waals surface area contributed by atoms with Crippen molar-refractivity contribution in [3.05, 3.63) is 23.9 Å². The summed E-state index contributed by atoms with van der Waals surface area (Å²) < 4.78 is 5.31. The van der Waals surface area contributed by atoms with Crippen LogP contribution in [0, 0.1) is 0 Å². The van der Waals surface area contributed by atoms with Crippen molar-refractivity contribution in [3.63, 3.8) is 0 Å². The summed E-state index contributed by atoms with van der Waals surface area (Å²) in [6.07, 6.45) is 1.66. The molecule has 0 atom stereocenters. The van der Waals surface area contributed by atoms with Crippen LogP contribution in [0.3, 0.4) is 0 Å². The second-order valence-corrected chi connectivity index (χ2v) is 5.87. The minimum Gasteiger partial charge on any atom is -0.379 e. The van der Waals surface area contributed by atoms with E-state index >= 15 is 0 Å². The fourth-order valence-electron chi connectivity index (χ4n) is 2.33. The summed E-state index contributed by atoms with van der Waals surface area (Å²) in [5, 5.41) is 6.19. The molecule has 0 saturated carbocycles. The van der Waals surface area contributed by atoms with E-state index in [4.69, 9.17) is 4.74 Å². The number of hydrogen-bond donors (Lipinski definition) is 2. The van der Waals surface area contributed by atoms with Crippen LogP contribution in [0.25, 0.3) is 0 Å². The number of likely N-dealkylation sites (N-methyl/N-ethyl adjacent to an activating group) is 1. The number of rotatable bonds is 8. The lowest BCUT2D eigenvalue weighted by atomic mass is 10.2. The first kappa shape index (κ1) is 17.7. The summed E-state index contributed by atoms with van der Waals surface area (Å²) in [7, 11) is 4.04. The van der Waals surface area contributed by atoms with Crippen molar-refractivity contribution in [2.45, 2.75) is 0 Å². The summed E-state index contributed by atoms with van der Waals surface area (Å²) in [5.74, 6) is 0.670. The van der Waals surface area contributed by atoms with Gasteiger partial charge in [0.05, 0.1) is 13.2 Å². The van der Waals surface area contributed by atoms with Gasteiger partial charge in [-0.3, -0.25) is 9.69 Å². The molecule has 0 radical (unpaired) electrons. The predicted molar refractivity (Wildman–Crippen MR) is 90.9 cm³/mol. The molecule has 128 valence electrons. The van der Waals surface area contributed by atoms with E-state index in [0.29, 0.717) is 12.1 Å². The van der Waals surface area contributed by atoms with Gasteiger partial charge in [-0.25, -0.2) is 4.98 Å². The number of anilines is 1. The van der Waals surface area contributed by atoms with Gasteiger partial charge in [-0.1, -0.05) is 0 Å². The molecule has 1 aliphatic heterocycles. The zero-order valence-corrected chi connectivity index (χ0v) is 14.0. The second kappa shape index (κ2) is 9.44. The van der Waals surface area contributed by atoms with E-state index in [1.807, 2.05) is 14.1 Å². The number of ether oxygens (including phenoxy) is 1. The molecule has 1 fully saturated rings. The maximum Gasteiger partial charge on any atom is 0.251 e. The van der Waals surface area contributed by atoms with Gasteiger partial charge < -0.3 is 20.3 Å². The lowest BCUT2D eigenvalue weighted by Gasteiger charge is -2.26. The molecular weight excluding hydrogens is 294 g/mol. The number of carbonyl (C=O) groups is 1. The van der Waals surface area contributed by atoms with Crippen LogP contribution in [0.15, 0.2) is 18.3 Å². The predicted octanol–water partition coefficient (Wildman–Crippen LogP) is 0.117. The lowest BCUT2D eigenvalue weighted by molar-refractivity contribution is 0.0383. The topological polar surface area (TPSA) is 69.7 Å². The molecule has 2 N–H and O–H groups in total. The van der Waals surface area contributed by atoms with Crippen LogP contribution in [0.1, 0.15) is 10.4 Å².